The highest BCUT2D eigenvalue weighted by molar-refractivity contribution is 5.15. The van der Waals surface area contributed by atoms with Crippen LogP contribution in [0, 0.1) is 28.6 Å². The Morgan fingerprint density at radius 1 is 1.38 bits per heavy atom. The van der Waals surface area contributed by atoms with Crippen molar-refractivity contribution in [2.24, 2.45) is 17.3 Å². The summed E-state index contributed by atoms with van der Waals surface area (Å²) in [7, 11) is 0. The van der Waals surface area contributed by atoms with Gasteiger partial charge in [0.25, 0.3) is 0 Å². The summed E-state index contributed by atoms with van der Waals surface area (Å²) in [5.74, 6) is 0.130. The number of hydrogen-bond acceptors (Lipinski definition) is 3. The van der Waals surface area contributed by atoms with Crippen LogP contribution in [0.2, 0.25) is 0 Å². The standard InChI is InChI=1S/C13H21NO2/c1-9-12(2,16)6-3-7-13(9,8-14)11(15)10-4-5-10/h9-11,15-16H,3-7H2,1-2H3/t9-,11?,12-,13-/m0/s1. The van der Waals surface area contributed by atoms with Gasteiger partial charge < -0.3 is 10.2 Å². The van der Waals surface area contributed by atoms with E-state index in [4.69, 9.17) is 0 Å². The summed E-state index contributed by atoms with van der Waals surface area (Å²) in [6.07, 6.45) is 3.78. The van der Waals surface area contributed by atoms with Crippen molar-refractivity contribution in [3.63, 3.8) is 0 Å². The van der Waals surface area contributed by atoms with Gasteiger partial charge in [-0.3, -0.25) is 0 Å². The van der Waals surface area contributed by atoms with Crippen LogP contribution in [-0.2, 0) is 0 Å². The second-order valence-electron chi connectivity index (χ2n) is 5.87. The van der Waals surface area contributed by atoms with Crippen molar-refractivity contribution in [3.8, 4) is 6.07 Å². The van der Waals surface area contributed by atoms with Crippen molar-refractivity contribution in [1.29, 1.82) is 5.26 Å². The highest BCUT2D eigenvalue weighted by Crippen LogP contribution is 2.53. The lowest BCUT2D eigenvalue weighted by atomic mass is 9.58. The van der Waals surface area contributed by atoms with Crippen LogP contribution in [-0.4, -0.2) is 21.9 Å². The van der Waals surface area contributed by atoms with Gasteiger partial charge in [0.1, 0.15) is 0 Å². The molecule has 0 bridgehead atoms. The van der Waals surface area contributed by atoms with E-state index in [1.165, 1.54) is 0 Å². The molecule has 0 heterocycles. The summed E-state index contributed by atoms with van der Waals surface area (Å²) in [6, 6.07) is 2.33. The molecule has 3 heteroatoms. The summed E-state index contributed by atoms with van der Waals surface area (Å²) in [6.45, 7) is 3.70. The average Bonchev–Trinajstić information content (AvgIpc) is 3.05. The van der Waals surface area contributed by atoms with Crippen molar-refractivity contribution in [1.82, 2.24) is 0 Å². The maximum atomic E-state index is 10.3. The van der Waals surface area contributed by atoms with E-state index in [0.29, 0.717) is 0 Å². The molecule has 2 rings (SSSR count). The van der Waals surface area contributed by atoms with Gasteiger partial charge in [-0.05, 0) is 44.9 Å². The number of aliphatic hydroxyl groups excluding tert-OH is 1. The highest BCUT2D eigenvalue weighted by Gasteiger charge is 2.56. The zero-order valence-electron chi connectivity index (χ0n) is 10.1. The van der Waals surface area contributed by atoms with Crippen LogP contribution in [0.3, 0.4) is 0 Å². The molecule has 2 fully saturated rings. The third-order valence-corrected chi connectivity index (χ3v) is 4.78. The Bertz CT molecular complexity index is 316. The smallest absolute Gasteiger partial charge is 0.0887 e. The molecule has 0 aromatic heterocycles. The minimum atomic E-state index is -0.816. The second-order valence-corrected chi connectivity index (χ2v) is 5.87. The van der Waals surface area contributed by atoms with Gasteiger partial charge in [0.05, 0.1) is 23.2 Å². The molecule has 16 heavy (non-hydrogen) atoms. The first kappa shape index (κ1) is 11.9. The Morgan fingerprint density at radius 2 is 2.00 bits per heavy atom. The lowest BCUT2D eigenvalue weighted by Crippen LogP contribution is -2.53. The van der Waals surface area contributed by atoms with Crippen LogP contribution in [0.1, 0.15) is 46.0 Å². The van der Waals surface area contributed by atoms with Crippen LogP contribution in [0.15, 0.2) is 0 Å². The van der Waals surface area contributed by atoms with Crippen LogP contribution in [0.5, 0.6) is 0 Å². The number of aliphatic hydroxyl groups is 2. The van der Waals surface area contributed by atoms with Crippen molar-refractivity contribution in [2.45, 2.75) is 57.7 Å². The Balaban J connectivity index is 2.28. The zero-order chi connectivity index (χ0) is 12.0. The fourth-order valence-corrected chi connectivity index (χ4v) is 3.18. The molecule has 2 aliphatic carbocycles. The van der Waals surface area contributed by atoms with Crippen LogP contribution in [0.4, 0.5) is 0 Å². The minimum Gasteiger partial charge on any atom is -0.391 e. The molecule has 90 valence electrons. The first-order chi connectivity index (χ1) is 7.44. The fourth-order valence-electron chi connectivity index (χ4n) is 3.18. The Hall–Kier alpha value is -0.590. The number of rotatable bonds is 2. The van der Waals surface area contributed by atoms with Gasteiger partial charge in [-0.1, -0.05) is 6.92 Å². The van der Waals surface area contributed by atoms with Gasteiger partial charge >= 0.3 is 0 Å². The molecule has 0 amide bonds. The van der Waals surface area contributed by atoms with Crippen LogP contribution in [0.25, 0.3) is 0 Å². The molecule has 2 N–H and O–H groups in total. The SMILES string of the molecule is C[C@H]1[C@@](C)(O)CCC[C@@]1(C#N)C(O)C1CC1. The second kappa shape index (κ2) is 3.72. The Morgan fingerprint density at radius 3 is 2.50 bits per heavy atom. The molecule has 1 unspecified atom stereocenters. The van der Waals surface area contributed by atoms with Gasteiger partial charge in [-0.2, -0.15) is 5.26 Å². The highest BCUT2D eigenvalue weighted by atomic mass is 16.3. The summed E-state index contributed by atoms with van der Waals surface area (Å²) in [5, 5.41) is 30.1. The zero-order valence-corrected chi connectivity index (χ0v) is 10.1. The molecular weight excluding hydrogens is 202 g/mol. The van der Waals surface area contributed by atoms with Gasteiger partial charge in [-0.15, -0.1) is 0 Å². The van der Waals surface area contributed by atoms with E-state index < -0.39 is 17.1 Å². The molecule has 0 saturated heterocycles. The predicted molar refractivity (Wildman–Crippen MR) is 60.4 cm³/mol. The number of nitrogens with zero attached hydrogens (tertiary/aromatic N) is 1. The van der Waals surface area contributed by atoms with Gasteiger partial charge in [0, 0.05) is 5.92 Å². The molecule has 2 saturated carbocycles. The molecule has 4 atom stereocenters. The van der Waals surface area contributed by atoms with E-state index in [9.17, 15) is 15.5 Å². The van der Waals surface area contributed by atoms with Crippen LogP contribution < -0.4 is 0 Å². The first-order valence-electron chi connectivity index (χ1n) is 6.26. The molecule has 0 aliphatic heterocycles. The molecule has 2 aliphatic rings. The van der Waals surface area contributed by atoms with E-state index >= 15 is 0 Å². The molecule has 0 aromatic carbocycles. The lowest BCUT2D eigenvalue weighted by Gasteiger charge is -2.48. The quantitative estimate of drug-likeness (QED) is 0.750. The van der Waals surface area contributed by atoms with E-state index in [-0.39, 0.29) is 11.8 Å². The van der Waals surface area contributed by atoms with Crippen LogP contribution >= 0.6 is 0 Å². The first-order valence-corrected chi connectivity index (χ1v) is 6.26. The largest absolute Gasteiger partial charge is 0.391 e. The van der Waals surface area contributed by atoms with Crippen molar-refractivity contribution < 1.29 is 10.2 Å². The van der Waals surface area contributed by atoms with E-state index in [0.717, 1.165) is 32.1 Å². The maximum Gasteiger partial charge on any atom is 0.0887 e. The lowest BCUT2D eigenvalue weighted by molar-refractivity contribution is -0.118. The van der Waals surface area contributed by atoms with E-state index in [2.05, 4.69) is 6.07 Å². The van der Waals surface area contributed by atoms with Crippen molar-refractivity contribution in [2.75, 3.05) is 0 Å². The fraction of sp³-hybridized carbons (Fsp3) is 0.923. The summed E-state index contributed by atoms with van der Waals surface area (Å²) < 4.78 is 0. The Kier molecular flexibility index (Phi) is 2.76. The van der Waals surface area contributed by atoms with Crippen molar-refractivity contribution >= 4 is 0 Å². The minimum absolute atomic E-state index is 0.158. The van der Waals surface area contributed by atoms with E-state index in [1.807, 2.05) is 6.92 Å². The maximum absolute atomic E-state index is 10.3. The normalized spacial score (nSPS) is 46.1. The average molecular weight is 223 g/mol. The van der Waals surface area contributed by atoms with Gasteiger partial charge in [0.15, 0.2) is 0 Å². The third-order valence-electron chi connectivity index (χ3n) is 4.78. The summed E-state index contributed by atoms with van der Waals surface area (Å²) >= 11 is 0. The Labute approximate surface area is 97.1 Å². The molecule has 0 aromatic rings. The molecule has 0 spiro atoms. The summed E-state index contributed by atoms with van der Waals surface area (Å²) in [4.78, 5) is 0. The number of hydrogen-bond donors (Lipinski definition) is 2. The monoisotopic (exact) mass is 223 g/mol. The third kappa shape index (κ3) is 1.65. The van der Waals surface area contributed by atoms with E-state index in [1.54, 1.807) is 6.92 Å². The molecule has 0 radical (unpaired) electrons. The predicted octanol–water partition coefficient (Wildman–Crippen LogP) is 1.84. The van der Waals surface area contributed by atoms with Gasteiger partial charge in [-0.25, -0.2) is 0 Å². The van der Waals surface area contributed by atoms with Gasteiger partial charge in [0.2, 0.25) is 0 Å². The molecule has 3 nitrogen and oxygen atoms in total. The number of nitriles is 1. The topological polar surface area (TPSA) is 64.2 Å². The molecular formula is C13H21NO2. The van der Waals surface area contributed by atoms with Crippen molar-refractivity contribution in [3.05, 3.63) is 0 Å². The summed E-state index contributed by atoms with van der Waals surface area (Å²) in [5.41, 5.74) is -1.55.